The van der Waals surface area contributed by atoms with Crippen LogP contribution >= 0.6 is 0 Å². The van der Waals surface area contributed by atoms with Crippen LogP contribution in [-0.2, 0) is 4.79 Å². The average Bonchev–Trinajstić information content (AvgIpc) is 3.03. The maximum Gasteiger partial charge on any atom is 0.272 e. The van der Waals surface area contributed by atoms with Gasteiger partial charge >= 0.3 is 0 Å². The highest BCUT2D eigenvalue weighted by molar-refractivity contribution is 5.95. The minimum Gasteiger partial charge on any atom is -0.322 e. The van der Waals surface area contributed by atoms with Gasteiger partial charge in [0.2, 0.25) is 5.91 Å². The Morgan fingerprint density at radius 2 is 2.24 bits per heavy atom. The van der Waals surface area contributed by atoms with Gasteiger partial charge in [-0.2, -0.15) is 0 Å². The number of non-ortho nitro benzene ring substituents is 1. The Kier molecular flexibility index (Phi) is 3.59. The first-order chi connectivity index (χ1) is 10.1. The number of nitrogens with zero attached hydrogens (tertiary/aromatic N) is 1. The zero-order chi connectivity index (χ0) is 15.0. The molecule has 2 aliphatic rings. The quantitative estimate of drug-likeness (QED) is 0.660. The highest BCUT2D eigenvalue weighted by Gasteiger charge is 2.42. The van der Waals surface area contributed by atoms with Crippen LogP contribution in [0, 0.1) is 27.8 Å². The summed E-state index contributed by atoms with van der Waals surface area (Å²) in [5.41, 5.74) is -0.353. The highest BCUT2D eigenvalue weighted by atomic mass is 19.1. The third kappa shape index (κ3) is 2.61. The summed E-state index contributed by atoms with van der Waals surface area (Å²) >= 11 is 0. The number of hydrogen-bond donors (Lipinski definition) is 2. The van der Waals surface area contributed by atoms with Crippen molar-refractivity contribution >= 4 is 17.3 Å². The molecule has 1 heterocycles. The van der Waals surface area contributed by atoms with E-state index in [1.165, 1.54) is 12.1 Å². The molecule has 0 bridgehead atoms. The van der Waals surface area contributed by atoms with E-state index >= 15 is 0 Å². The zero-order valence-corrected chi connectivity index (χ0v) is 11.3. The number of nitro benzene ring substituents is 1. The van der Waals surface area contributed by atoms with Crippen molar-refractivity contribution in [3.63, 3.8) is 0 Å². The van der Waals surface area contributed by atoms with Gasteiger partial charge in [0.25, 0.3) is 5.69 Å². The predicted molar refractivity (Wildman–Crippen MR) is 74.3 cm³/mol. The first-order valence-electron chi connectivity index (χ1n) is 7.04. The van der Waals surface area contributed by atoms with Crippen molar-refractivity contribution in [2.45, 2.75) is 25.3 Å². The molecule has 0 spiro atoms. The number of halogens is 1. The largest absolute Gasteiger partial charge is 0.322 e. The van der Waals surface area contributed by atoms with E-state index in [2.05, 4.69) is 10.6 Å². The molecule has 3 rings (SSSR count). The molecule has 1 aliphatic carbocycles. The molecule has 3 atom stereocenters. The van der Waals surface area contributed by atoms with Crippen LogP contribution in [-0.4, -0.2) is 23.4 Å². The van der Waals surface area contributed by atoms with Gasteiger partial charge in [-0.1, -0.05) is 6.42 Å². The number of fused-ring (bicyclic) bond motifs is 1. The van der Waals surface area contributed by atoms with Crippen molar-refractivity contribution < 1.29 is 14.1 Å². The number of amides is 1. The average molecular weight is 293 g/mol. The van der Waals surface area contributed by atoms with Crippen LogP contribution in [0.2, 0.25) is 0 Å². The van der Waals surface area contributed by atoms with Crippen LogP contribution < -0.4 is 10.6 Å². The summed E-state index contributed by atoms with van der Waals surface area (Å²) in [6, 6.07) is 2.92. The van der Waals surface area contributed by atoms with Gasteiger partial charge in [-0.05, 0) is 37.3 Å². The van der Waals surface area contributed by atoms with Gasteiger partial charge in [0.15, 0.2) is 5.82 Å². The summed E-state index contributed by atoms with van der Waals surface area (Å²) in [4.78, 5) is 22.1. The number of nitro groups is 1. The lowest BCUT2D eigenvalue weighted by atomic mass is 9.93. The Morgan fingerprint density at radius 3 is 2.95 bits per heavy atom. The molecule has 1 saturated heterocycles. The van der Waals surface area contributed by atoms with Crippen molar-refractivity contribution in [1.82, 2.24) is 5.32 Å². The van der Waals surface area contributed by atoms with E-state index in [0.717, 1.165) is 31.9 Å². The van der Waals surface area contributed by atoms with Crippen LogP contribution in [0.15, 0.2) is 18.2 Å². The molecule has 3 unspecified atom stereocenters. The fraction of sp³-hybridized carbons (Fsp3) is 0.500. The van der Waals surface area contributed by atoms with Crippen molar-refractivity contribution in [2.75, 3.05) is 11.9 Å². The summed E-state index contributed by atoms with van der Waals surface area (Å²) in [6.45, 7) is 0.825. The fourth-order valence-corrected chi connectivity index (χ4v) is 3.40. The second-order valence-corrected chi connectivity index (χ2v) is 5.65. The molecule has 1 amide bonds. The van der Waals surface area contributed by atoms with Crippen LogP contribution in [0.5, 0.6) is 0 Å². The normalized spacial score (nSPS) is 27.4. The van der Waals surface area contributed by atoms with E-state index in [0.29, 0.717) is 11.8 Å². The summed E-state index contributed by atoms with van der Waals surface area (Å²) in [5, 5.41) is 16.3. The van der Waals surface area contributed by atoms with Gasteiger partial charge in [0.1, 0.15) is 0 Å². The maximum absolute atomic E-state index is 13.8. The number of rotatable bonds is 3. The lowest BCUT2D eigenvalue weighted by Crippen LogP contribution is -2.39. The number of nitrogens with one attached hydrogen (secondary N) is 2. The van der Waals surface area contributed by atoms with Gasteiger partial charge in [-0.15, -0.1) is 0 Å². The highest BCUT2D eigenvalue weighted by Crippen LogP contribution is 2.38. The molecule has 1 aromatic rings. The number of carbonyl (C=O) groups excluding carboxylic acids is 1. The van der Waals surface area contributed by atoms with Crippen molar-refractivity contribution in [2.24, 2.45) is 11.8 Å². The second kappa shape index (κ2) is 5.40. The van der Waals surface area contributed by atoms with E-state index in [9.17, 15) is 19.3 Å². The molecular formula is C14H16FN3O3. The van der Waals surface area contributed by atoms with Crippen LogP contribution in [0.25, 0.3) is 0 Å². The Bertz CT molecular complexity index is 593. The molecule has 112 valence electrons. The SMILES string of the molecule is O=C(Nc1ccc([N+](=O)[O-])cc1F)C1NCC2CCCC21. The standard InChI is InChI=1S/C14H16FN3O3/c15-11-6-9(18(20)21)4-5-12(11)17-14(19)13-10-3-1-2-8(10)7-16-13/h4-6,8,10,13,16H,1-3,7H2,(H,17,19). The van der Waals surface area contributed by atoms with Gasteiger partial charge < -0.3 is 10.6 Å². The maximum atomic E-state index is 13.8. The Hall–Kier alpha value is -2.02. The van der Waals surface area contributed by atoms with E-state index in [-0.39, 0.29) is 23.3 Å². The van der Waals surface area contributed by atoms with Gasteiger partial charge in [-0.3, -0.25) is 14.9 Å². The summed E-state index contributed by atoms with van der Waals surface area (Å²) in [7, 11) is 0. The van der Waals surface area contributed by atoms with Crippen LogP contribution in [0.3, 0.4) is 0 Å². The second-order valence-electron chi connectivity index (χ2n) is 5.65. The molecule has 0 aromatic heterocycles. The first-order valence-corrected chi connectivity index (χ1v) is 7.04. The van der Waals surface area contributed by atoms with E-state index in [4.69, 9.17) is 0 Å². The number of hydrogen-bond acceptors (Lipinski definition) is 4. The van der Waals surface area contributed by atoms with Crippen molar-refractivity contribution in [1.29, 1.82) is 0 Å². The third-order valence-corrected chi connectivity index (χ3v) is 4.45. The van der Waals surface area contributed by atoms with Gasteiger partial charge in [0.05, 0.1) is 22.7 Å². The molecule has 2 fully saturated rings. The predicted octanol–water partition coefficient (Wildman–Crippen LogP) is 2.06. The number of carbonyl (C=O) groups is 1. The number of anilines is 1. The van der Waals surface area contributed by atoms with Gasteiger partial charge in [-0.25, -0.2) is 4.39 Å². The fourth-order valence-electron chi connectivity index (χ4n) is 3.40. The Balaban J connectivity index is 1.71. The Morgan fingerprint density at radius 1 is 1.43 bits per heavy atom. The minimum absolute atomic E-state index is 0.0196. The molecule has 0 radical (unpaired) electrons. The molecule has 6 nitrogen and oxygen atoms in total. The summed E-state index contributed by atoms with van der Waals surface area (Å²) in [5.74, 6) is -0.218. The molecule has 7 heteroatoms. The van der Waals surface area contributed by atoms with E-state index < -0.39 is 10.7 Å². The first kappa shape index (κ1) is 13.9. The summed E-state index contributed by atoms with van der Waals surface area (Å²) in [6.07, 6.45) is 3.28. The van der Waals surface area contributed by atoms with Crippen molar-refractivity contribution in [3.05, 3.63) is 34.1 Å². The van der Waals surface area contributed by atoms with E-state index in [1.54, 1.807) is 0 Å². The zero-order valence-electron chi connectivity index (χ0n) is 11.3. The molecule has 1 saturated carbocycles. The summed E-state index contributed by atoms with van der Waals surface area (Å²) < 4.78 is 13.8. The van der Waals surface area contributed by atoms with E-state index in [1.807, 2.05) is 0 Å². The Labute approximate surface area is 120 Å². The lowest BCUT2D eigenvalue weighted by Gasteiger charge is -2.17. The topological polar surface area (TPSA) is 84.3 Å². The van der Waals surface area contributed by atoms with Gasteiger partial charge in [0, 0.05) is 6.07 Å². The monoisotopic (exact) mass is 293 g/mol. The van der Waals surface area contributed by atoms with Crippen LogP contribution in [0.4, 0.5) is 15.8 Å². The van der Waals surface area contributed by atoms with Crippen LogP contribution in [0.1, 0.15) is 19.3 Å². The molecule has 1 aliphatic heterocycles. The third-order valence-electron chi connectivity index (χ3n) is 4.45. The molecular weight excluding hydrogens is 277 g/mol. The smallest absolute Gasteiger partial charge is 0.272 e. The van der Waals surface area contributed by atoms with Crippen molar-refractivity contribution in [3.8, 4) is 0 Å². The molecule has 2 N–H and O–H groups in total. The molecule has 1 aromatic carbocycles. The lowest BCUT2D eigenvalue weighted by molar-refractivity contribution is -0.385. The number of benzene rings is 1. The minimum atomic E-state index is -0.793. The molecule has 21 heavy (non-hydrogen) atoms.